The van der Waals surface area contributed by atoms with Gasteiger partial charge in [0.05, 0.1) is 19.9 Å². The predicted octanol–water partition coefficient (Wildman–Crippen LogP) is 3.97. The van der Waals surface area contributed by atoms with Crippen molar-refractivity contribution in [3.05, 3.63) is 77.5 Å². The average Bonchev–Trinajstić information content (AvgIpc) is 2.95. The highest BCUT2D eigenvalue weighted by Crippen LogP contribution is 2.40. The van der Waals surface area contributed by atoms with Crippen LogP contribution in [0.2, 0.25) is 0 Å². The maximum atomic E-state index is 11.9. The van der Waals surface area contributed by atoms with Gasteiger partial charge in [0, 0.05) is 55.1 Å². The van der Waals surface area contributed by atoms with Gasteiger partial charge in [-0.15, -0.1) is 0 Å². The summed E-state index contributed by atoms with van der Waals surface area (Å²) in [7, 11) is 3.17. The molecule has 1 atom stereocenters. The van der Waals surface area contributed by atoms with Crippen LogP contribution in [0.1, 0.15) is 35.6 Å². The van der Waals surface area contributed by atoms with Crippen molar-refractivity contribution in [3.8, 4) is 11.5 Å². The van der Waals surface area contributed by atoms with E-state index in [-0.39, 0.29) is 0 Å². The van der Waals surface area contributed by atoms with E-state index in [1.54, 1.807) is 20.3 Å². The minimum atomic E-state index is -0.667. The molecule has 1 fully saturated rings. The SMILES string of the molecule is COc1cc2c(c(OC)c1)C(C=O)N=C(c1ccc(N3CCC(NCc4ccccc4)CC3)nc1)N2. The zero-order chi connectivity index (χ0) is 24.9. The number of carbonyl (C=O) groups excluding carboxylic acids is 1. The number of aldehydes is 1. The summed E-state index contributed by atoms with van der Waals surface area (Å²) in [6.07, 6.45) is 4.79. The van der Waals surface area contributed by atoms with Crippen molar-refractivity contribution in [2.75, 3.05) is 37.5 Å². The molecule has 2 aliphatic heterocycles. The van der Waals surface area contributed by atoms with E-state index in [9.17, 15) is 4.79 Å². The van der Waals surface area contributed by atoms with Crippen LogP contribution in [-0.2, 0) is 11.3 Å². The number of aromatic nitrogens is 1. The van der Waals surface area contributed by atoms with Crippen molar-refractivity contribution in [3.63, 3.8) is 0 Å². The number of fused-ring (bicyclic) bond motifs is 1. The van der Waals surface area contributed by atoms with Crippen molar-refractivity contribution in [1.29, 1.82) is 0 Å². The van der Waals surface area contributed by atoms with E-state index in [2.05, 4.69) is 44.8 Å². The maximum Gasteiger partial charge on any atom is 0.149 e. The highest BCUT2D eigenvalue weighted by Gasteiger charge is 2.27. The number of amidine groups is 1. The van der Waals surface area contributed by atoms with Crippen LogP contribution in [0.15, 0.2) is 65.8 Å². The summed E-state index contributed by atoms with van der Waals surface area (Å²) < 4.78 is 10.9. The van der Waals surface area contributed by atoms with Crippen LogP contribution >= 0.6 is 0 Å². The summed E-state index contributed by atoms with van der Waals surface area (Å²) in [6, 6.07) is 18.0. The molecule has 36 heavy (non-hydrogen) atoms. The number of hydrogen-bond acceptors (Lipinski definition) is 8. The zero-order valence-electron chi connectivity index (χ0n) is 20.6. The average molecular weight is 486 g/mol. The van der Waals surface area contributed by atoms with Crippen molar-refractivity contribution in [2.24, 2.45) is 4.99 Å². The lowest BCUT2D eigenvalue weighted by molar-refractivity contribution is -0.108. The number of anilines is 2. The van der Waals surface area contributed by atoms with E-state index in [1.165, 1.54) is 5.56 Å². The number of rotatable bonds is 8. The number of nitrogens with zero attached hydrogens (tertiary/aromatic N) is 3. The summed E-state index contributed by atoms with van der Waals surface area (Å²) in [5, 5.41) is 7.01. The van der Waals surface area contributed by atoms with Crippen LogP contribution in [0.3, 0.4) is 0 Å². The second-order valence-electron chi connectivity index (χ2n) is 9.01. The van der Waals surface area contributed by atoms with Gasteiger partial charge in [0.15, 0.2) is 0 Å². The minimum Gasteiger partial charge on any atom is -0.497 e. The molecule has 0 bridgehead atoms. The molecule has 1 aromatic heterocycles. The molecule has 8 heteroatoms. The third-order valence-corrected chi connectivity index (χ3v) is 6.80. The lowest BCUT2D eigenvalue weighted by atomic mass is 10.0. The van der Waals surface area contributed by atoms with Gasteiger partial charge in [-0.3, -0.25) is 4.99 Å². The lowest BCUT2D eigenvalue weighted by Gasteiger charge is -2.33. The van der Waals surface area contributed by atoms with Crippen LogP contribution in [0.4, 0.5) is 11.5 Å². The number of carbonyl (C=O) groups is 1. The zero-order valence-corrected chi connectivity index (χ0v) is 20.6. The highest BCUT2D eigenvalue weighted by molar-refractivity contribution is 6.11. The number of methoxy groups -OCH3 is 2. The number of piperidine rings is 1. The Balaban J connectivity index is 1.24. The maximum absolute atomic E-state index is 11.9. The van der Waals surface area contributed by atoms with Gasteiger partial charge in [-0.2, -0.15) is 0 Å². The fourth-order valence-corrected chi connectivity index (χ4v) is 4.79. The Morgan fingerprint density at radius 2 is 1.89 bits per heavy atom. The van der Waals surface area contributed by atoms with Crippen LogP contribution in [0.5, 0.6) is 11.5 Å². The quantitative estimate of drug-likeness (QED) is 0.467. The van der Waals surface area contributed by atoms with Gasteiger partial charge in [-0.05, 0) is 30.5 Å². The van der Waals surface area contributed by atoms with E-state index < -0.39 is 6.04 Å². The number of ether oxygens (including phenoxy) is 2. The first-order chi connectivity index (χ1) is 17.7. The highest BCUT2D eigenvalue weighted by atomic mass is 16.5. The van der Waals surface area contributed by atoms with Gasteiger partial charge >= 0.3 is 0 Å². The van der Waals surface area contributed by atoms with Crippen LogP contribution in [0.25, 0.3) is 0 Å². The summed E-state index contributed by atoms with van der Waals surface area (Å²) in [4.78, 5) is 23.6. The monoisotopic (exact) mass is 485 g/mol. The minimum absolute atomic E-state index is 0.510. The van der Waals surface area contributed by atoms with Crippen LogP contribution in [0, 0.1) is 0 Å². The van der Waals surface area contributed by atoms with Gasteiger partial charge in [-0.25, -0.2) is 4.98 Å². The topological polar surface area (TPSA) is 88.1 Å². The molecule has 0 radical (unpaired) electrons. The molecule has 8 nitrogen and oxygen atoms in total. The molecule has 3 heterocycles. The largest absolute Gasteiger partial charge is 0.497 e. The van der Waals surface area contributed by atoms with Crippen molar-refractivity contribution in [2.45, 2.75) is 31.5 Å². The predicted molar refractivity (Wildman–Crippen MR) is 141 cm³/mol. The first-order valence-corrected chi connectivity index (χ1v) is 12.2. The number of pyridine rings is 1. The molecule has 3 aromatic rings. The Labute approximate surface area is 211 Å². The Bertz CT molecular complexity index is 1220. The first-order valence-electron chi connectivity index (χ1n) is 12.2. The molecule has 0 aliphatic carbocycles. The molecule has 2 aliphatic rings. The number of benzene rings is 2. The second-order valence-corrected chi connectivity index (χ2v) is 9.01. The van der Waals surface area contributed by atoms with E-state index in [1.807, 2.05) is 30.5 Å². The van der Waals surface area contributed by atoms with Crippen LogP contribution in [-0.4, -0.2) is 50.5 Å². The Morgan fingerprint density at radius 3 is 2.56 bits per heavy atom. The number of hydrogen-bond donors (Lipinski definition) is 2. The standard InChI is InChI=1S/C28H31N5O3/c1-35-22-14-23-27(25(15-22)36-2)24(18-34)32-28(31-23)20-8-9-26(30-17-20)33-12-10-21(11-13-33)29-16-19-6-4-3-5-7-19/h3-9,14-15,17-18,21,24,29H,10-13,16H2,1-2H3,(H,31,32). The third-order valence-electron chi connectivity index (χ3n) is 6.80. The van der Waals surface area contributed by atoms with Crippen molar-refractivity contribution in [1.82, 2.24) is 10.3 Å². The molecule has 1 unspecified atom stereocenters. The Kier molecular flexibility index (Phi) is 7.13. The molecule has 2 N–H and O–H groups in total. The molecule has 2 aromatic carbocycles. The van der Waals surface area contributed by atoms with Gasteiger partial charge in [0.25, 0.3) is 0 Å². The fraction of sp³-hybridized carbons (Fsp3) is 0.321. The molecule has 5 rings (SSSR count). The van der Waals surface area contributed by atoms with Gasteiger partial charge in [0.1, 0.15) is 35.5 Å². The molecule has 1 saturated heterocycles. The summed E-state index contributed by atoms with van der Waals surface area (Å²) >= 11 is 0. The number of nitrogens with one attached hydrogen (secondary N) is 2. The van der Waals surface area contributed by atoms with Crippen molar-refractivity contribution >= 4 is 23.6 Å². The first kappa shape index (κ1) is 23.8. The van der Waals surface area contributed by atoms with E-state index in [0.29, 0.717) is 28.9 Å². The third kappa shape index (κ3) is 5.04. The van der Waals surface area contributed by atoms with Gasteiger partial charge in [-0.1, -0.05) is 30.3 Å². The molecule has 186 valence electrons. The number of aliphatic imine (C=N–C) groups is 1. The molecular formula is C28H31N5O3. The molecule has 0 amide bonds. The summed E-state index contributed by atoms with van der Waals surface area (Å²) in [5.74, 6) is 2.75. The van der Waals surface area contributed by atoms with Gasteiger partial charge < -0.3 is 29.8 Å². The Hall–Kier alpha value is -3.91. The molecule has 0 spiro atoms. The lowest BCUT2D eigenvalue weighted by Crippen LogP contribution is -2.42. The molecular weight excluding hydrogens is 454 g/mol. The normalized spacial score (nSPS) is 17.6. The van der Waals surface area contributed by atoms with E-state index in [4.69, 9.17) is 14.5 Å². The van der Waals surface area contributed by atoms with Crippen LogP contribution < -0.4 is 25.0 Å². The molecule has 0 saturated carbocycles. The van der Waals surface area contributed by atoms with Gasteiger partial charge in [0.2, 0.25) is 0 Å². The second kappa shape index (κ2) is 10.8. The smallest absolute Gasteiger partial charge is 0.149 e. The summed E-state index contributed by atoms with van der Waals surface area (Å²) in [6.45, 7) is 2.81. The van der Waals surface area contributed by atoms with E-state index in [0.717, 1.165) is 55.8 Å². The van der Waals surface area contributed by atoms with Crippen molar-refractivity contribution < 1.29 is 14.3 Å². The summed E-state index contributed by atoms with van der Waals surface area (Å²) in [5.41, 5.74) is 3.57. The fourth-order valence-electron chi connectivity index (χ4n) is 4.79. The Morgan fingerprint density at radius 1 is 1.08 bits per heavy atom. The van der Waals surface area contributed by atoms with E-state index >= 15 is 0 Å².